The first-order valence-corrected chi connectivity index (χ1v) is 5.11. The third-order valence-corrected chi connectivity index (χ3v) is 2.13. The largest absolute Gasteiger partial charge is 0.507 e. The van der Waals surface area contributed by atoms with Gasteiger partial charge in [-0.1, -0.05) is 18.2 Å². The summed E-state index contributed by atoms with van der Waals surface area (Å²) < 4.78 is 37.2. The average Bonchev–Trinajstić information content (AvgIpc) is 2.19. The van der Waals surface area contributed by atoms with E-state index < -0.39 is 17.5 Å². The van der Waals surface area contributed by atoms with E-state index in [2.05, 4.69) is 0 Å². The Morgan fingerprint density at radius 3 is 2.56 bits per heavy atom. The van der Waals surface area contributed by atoms with Crippen molar-refractivity contribution in [3.05, 3.63) is 35.4 Å². The molecule has 0 aliphatic rings. The van der Waals surface area contributed by atoms with E-state index in [-0.39, 0.29) is 0 Å². The van der Waals surface area contributed by atoms with Crippen LogP contribution in [0.3, 0.4) is 0 Å². The average molecular weight is 251 g/mol. The van der Waals surface area contributed by atoms with Crippen LogP contribution in [0.25, 0.3) is 6.08 Å². The topological polar surface area (TPSA) is 20.2 Å². The minimum absolute atomic E-state index is 0.384. The first-order chi connectivity index (χ1) is 7.45. The number of phenolic OH excluding ortho intramolecular Hbond substituents is 1. The lowest BCUT2D eigenvalue weighted by Gasteiger charge is -2.09. The standard InChI is InChI=1S/C11H10ClF3O/c12-6-2-1-3-8-4-5-10(16)9(7-8)11(13,14)15/h1,3-5,7,16H,2,6H2. The molecule has 0 aliphatic heterocycles. The molecule has 0 aliphatic carbocycles. The Morgan fingerprint density at radius 1 is 1.31 bits per heavy atom. The number of alkyl halides is 4. The minimum atomic E-state index is -4.54. The van der Waals surface area contributed by atoms with Gasteiger partial charge in [0.05, 0.1) is 5.56 Å². The zero-order valence-electron chi connectivity index (χ0n) is 8.26. The van der Waals surface area contributed by atoms with Gasteiger partial charge in [-0.05, 0) is 24.1 Å². The van der Waals surface area contributed by atoms with Crippen molar-refractivity contribution in [2.75, 3.05) is 5.88 Å². The first kappa shape index (κ1) is 12.9. The molecule has 0 spiro atoms. The minimum Gasteiger partial charge on any atom is -0.507 e. The lowest BCUT2D eigenvalue weighted by molar-refractivity contribution is -0.138. The molecule has 1 N–H and O–H groups in total. The second-order valence-corrected chi connectivity index (χ2v) is 3.53. The van der Waals surface area contributed by atoms with Gasteiger partial charge in [-0.15, -0.1) is 11.6 Å². The summed E-state index contributed by atoms with van der Waals surface area (Å²) in [5.41, 5.74) is -0.643. The molecule has 0 atom stereocenters. The Bertz CT molecular complexity index is 385. The van der Waals surface area contributed by atoms with Crippen molar-refractivity contribution in [2.45, 2.75) is 12.6 Å². The zero-order valence-corrected chi connectivity index (χ0v) is 9.02. The highest BCUT2D eigenvalue weighted by Crippen LogP contribution is 2.36. The first-order valence-electron chi connectivity index (χ1n) is 4.58. The van der Waals surface area contributed by atoms with Crippen LogP contribution in [0.4, 0.5) is 13.2 Å². The number of phenols is 1. The molecule has 0 fully saturated rings. The normalized spacial score (nSPS) is 12.2. The van der Waals surface area contributed by atoms with Gasteiger partial charge < -0.3 is 5.11 Å². The van der Waals surface area contributed by atoms with E-state index in [9.17, 15) is 13.2 Å². The number of halogens is 4. The summed E-state index contributed by atoms with van der Waals surface area (Å²) in [6.45, 7) is 0. The van der Waals surface area contributed by atoms with Crippen LogP contribution in [0.2, 0.25) is 0 Å². The fourth-order valence-corrected chi connectivity index (χ4v) is 1.29. The van der Waals surface area contributed by atoms with E-state index in [0.717, 1.165) is 12.1 Å². The maximum Gasteiger partial charge on any atom is 0.419 e. The van der Waals surface area contributed by atoms with E-state index in [1.807, 2.05) is 0 Å². The van der Waals surface area contributed by atoms with E-state index in [1.54, 1.807) is 6.08 Å². The molecule has 1 nitrogen and oxygen atoms in total. The fraction of sp³-hybridized carbons (Fsp3) is 0.273. The second-order valence-electron chi connectivity index (χ2n) is 3.15. The monoisotopic (exact) mass is 250 g/mol. The van der Waals surface area contributed by atoms with Gasteiger partial charge in [0.25, 0.3) is 0 Å². The quantitative estimate of drug-likeness (QED) is 0.803. The maximum absolute atomic E-state index is 12.4. The summed E-state index contributed by atoms with van der Waals surface area (Å²) in [4.78, 5) is 0. The van der Waals surface area contributed by atoms with Gasteiger partial charge in [0.2, 0.25) is 0 Å². The third kappa shape index (κ3) is 3.45. The zero-order chi connectivity index (χ0) is 12.2. The highest BCUT2D eigenvalue weighted by Gasteiger charge is 2.33. The van der Waals surface area contributed by atoms with Crippen molar-refractivity contribution in [3.8, 4) is 5.75 Å². The van der Waals surface area contributed by atoms with Gasteiger partial charge >= 0.3 is 6.18 Å². The van der Waals surface area contributed by atoms with E-state index >= 15 is 0 Å². The summed E-state index contributed by atoms with van der Waals surface area (Å²) in [6.07, 6.45) is -0.735. The van der Waals surface area contributed by atoms with Gasteiger partial charge in [0, 0.05) is 5.88 Å². The van der Waals surface area contributed by atoms with E-state index in [1.165, 1.54) is 12.1 Å². The predicted octanol–water partition coefficient (Wildman–Crippen LogP) is 4.05. The van der Waals surface area contributed by atoms with Crippen LogP contribution < -0.4 is 0 Å². The molecule has 0 heterocycles. The summed E-state index contributed by atoms with van der Waals surface area (Å²) in [7, 11) is 0. The molecule has 16 heavy (non-hydrogen) atoms. The highest BCUT2D eigenvalue weighted by molar-refractivity contribution is 6.17. The number of allylic oxidation sites excluding steroid dienone is 1. The van der Waals surface area contributed by atoms with Gasteiger partial charge in [-0.3, -0.25) is 0 Å². The summed E-state index contributed by atoms with van der Waals surface area (Å²) in [5.74, 6) is -0.345. The lowest BCUT2D eigenvalue weighted by Crippen LogP contribution is -2.05. The van der Waals surface area contributed by atoms with Crippen LogP contribution in [0.1, 0.15) is 17.5 Å². The molecule has 1 aromatic carbocycles. The molecule has 5 heteroatoms. The Balaban J connectivity index is 2.99. The third-order valence-electron chi connectivity index (χ3n) is 1.91. The molecular formula is C11H10ClF3O. The number of aromatic hydroxyl groups is 1. The Hall–Kier alpha value is -1.16. The van der Waals surface area contributed by atoms with Crippen molar-refractivity contribution in [1.29, 1.82) is 0 Å². The number of benzene rings is 1. The van der Waals surface area contributed by atoms with Crippen molar-refractivity contribution >= 4 is 17.7 Å². The smallest absolute Gasteiger partial charge is 0.419 e. The Morgan fingerprint density at radius 2 is 2.00 bits per heavy atom. The molecule has 0 radical (unpaired) electrons. The van der Waals surface area contributed by atoms with Crippen LogP contribution in [0, 0.1) is 0 Å². The summed E-state index contributed by atoms with van der Waals surface area (Å²) in [5, 5.41) is 9.08. The van der Waals surface area contributed by atoms with Crippen LogP contribution in [-0.4, -0.2) is 11.0 Å². The van der Waals surface area contributed by atoms with Crippen molar-refractivity contribution in [2.24, 2.45) is 0 Å². The molecule has 88 valence electrons. The van der Waals surface area contributed by atoms with Gasteiger partial charge in [-0.2, -0.15) is 13.2 Å². The number of rotatable bonds is 3. The molecule has 1 aromatic rings. The Kier molecular flexibility index (Phi) is 4.24. The van der Waals surface area contributed by atoms with E-state index in [4.69, 9.17) is 16.7 Å². The fourth-order valence-electron chi connectivity index (χ4n) is 1.17. The maximum atomic E-state index is 12.4. The van der Waals surface area contributed by atoms with Crippen LogP contribution >= 0.6 is 11.6 Å². The van der Waals surface area contributed by atoms with E-state index in [0.29, 0.717) is 17.9 Å². The summed E-state index contributed by atoms with van der Waals surface area (Å²) >= 11 is 5.43. The van der Waals surface area contributed by atoms with Gasteiger partial charge in [0.15, 0.2) is 0 Å². The summed E-state index contributed by atoms with van der Waals surface area (Å²) in [6, 6.07) is 3.35. The van der Waals surface area contributed by atoms with Gasteiger partial charge in [-0.25, -0.2) is 0 Å². The lowest BCUT2D eigenvalue weighted by atomic mass is 10.1. The number of hydrogen-bond donors (Lipinski definition) is 1. The number of hydrogen-bond acceptors (Lipinski definition) is 1. The molecule has 0 saturated carbocycles. The molecule has 0 bridgehead atoms. The molecule has 1 rings (SSSR count). The van der Waals surface area contributed by atoms with Crippen molar-refractivity contribution in [3.63, 3.8) is 0 Å². The SMILES string of the molecule is Oc1ccc(C=CCCCl)cc1C(F)(F)F. The van der Waals surface area contributed by atoms with Crippen LogP contribution in [-0.2, 0) is 6.18 Å². The van der Waals surface area contributed by atoms with Gasteiger partial charge in [0.1, 0.15) is 5.75 Å². The predicted molar refractivity (Wildman–Crippen MR) is 57.5 cm³/mol. The molecule has 0 unspecified atom stereocenters. The second kappa shape index (κ2) is 5.25. The Labute approximate surface area is 96.2 Å². The van der Waals surface area contributed by atoms with Crippen molar-refractivity contribution in [1.82, 2.24) is 0 Å². The van der Waals surface area contributed by atoms with Crippen molar-refractivity contribution < 1.29 is 18.3 Å². The van der Waals surface area contributed by atoms with Crippen LogP contribution in [0.5, 0.6) is 5.75 Å². The highest BCUT2D eigenvalue weighted by atomic mass is 35.5. The molecular weight excluding hydrogens is 241 g/mol. The van der Waals surface area contributed by atoms with Crippen LogP contribution in [0.15, 0.2) is 24.3 Å². The molecule has 0 saturated heterocycles. The molecule has 0 amide bonds. The molecule has 0 aromatic heterocycles.